The first-order valence-electron chi connectivity index (χ1n) is 8.58. The molecule has 1 atom stereocenters. The summed E-state index contributed by atoms with van der Waals surface area (Å²) in [5.41, 5.74) is 1.21. The third-order valence-electron chi connectivity index (χ3n) is 4.30. The van der Waals surface area contributed by atoms with Crippen LogP contribution in [0.5, 0.6) is 0 Å². The smallest absolute Gasteiger partial charge is 0.341 e. The van der Waals surface area contributed by atoms with Gasteiger partial charge in [0.15, 0.2) is 0 Å². The first-order chi connectivity index (χ1) is 13.1. The molecule has 10 heteroatoms. The molecular weight excluding hydrogens is 352 g/mol. The van der Waals surface area contributed by atoms with E-state index in [0.29, 0.717) is 32.3 Å². The molecule has 10 nitrogen and oxygen atoms in total. The average Bonchev–Trinajstić information content (AvgIpc) is 3.10. The van der Waals surface area contributed by atoms with Gasteiger partial charge in [0.2, 0.25) is 11.9 Å². The normalized spacial score (nSPS) is 16.8. The van der Waals surface area contributed by atoms with Crippen LogP contribution in [0.1, 0.15) is 16.1 Å². The number of methoxy groups -OCH3 is 1. The monoisotopic (exact) mass is 374 g/mol. The van der Waals surface area contributed by atoms with Crippen molar-refractivity contribution in [3.05, 3.63) is 35.9 Å². The molecule has 144 valence electrons. The largest absolute Gasteiger partial charge is 0.465 e. The molecule has 0 saturated carbocycles. The van der Waals surface area contributed by atoms with E-state index in [-0.39, 0.29) is 24.1 Å². The molecule has 1 saturated heterocycles. The second-order valence-electron chi connectivity index (χ2n) is 6.12. The minimum Gasteiger partial charge on any atom is -0.465 e. The van der Waals surface area contributed by atoms with Crippen LogP contribution >= 0.6 is 0 Å². The number of carbonyl (C=O) groups is 2. The van der Waals surface area contributed by atoms with E-state index >= 15 is 0 Å². The number of hydrogen-bond donors (Lipinski definition) is 1. The van der Waals surface area contributed by atoms with E-state index in [0.717, 1.165) is 5.69 Å². The molecule has 1 unspecified atom stereocenters. The number of nitrogens with zero attached hydrogens (tertiary/aromatic N) is 5. The predicted octanol–water partition coefficient (Wildman–Crippen LogP) is -0.210. The Hall–Kier alpha value is -3.01. The first kappa shape index (κ1) is 18.8. The van der Waals surface area contributed by atoms with E-state index in [2.05, 4.69) is 25.1 Å². The number of aryl methyl sites for hydroxylation is 1. The predicted molar refractivity (Wildman–Crippen MR) is 95.3 cm³/mol. The number of aromatic nitrogens is 4. The van der Waals surface area contributed by atoms with E-state index in [9.17, 15) is 9.59 Å². The molecule has 0 aliphatic carbocycles. The molecule has 1 aliphatic rings. The first-order valence-corrected chi connectivity index (χ1v) is 8.58. The zero-order valence-electron chi connectivity index (χ0n) is 15.3. The van der Waals surface area contributed by atoms with Crippen LogP contribution in [0.4, 0.5) is 5.95 Å². The number of esters is 1. The highest BCUT2D eigenvalue weighted by molar-refractivity contribution is 5.88. The Bertz CT molecular complexity index is 791. The van der Waals surface area contributed by atoms with Crippen LogP contribution in [0.25, 0.3) is 0 Å². The van der Waals surface area contributed by atoms with Crippen LogP contribution in [0.15, 0.2) is 24.7 Å². The Labute approximate surface area is 156 Å². The molecule has 27 heavy (non-hydrogen) atoms. The third kappa shape index (κ3) is 4.59. The molecule has 1 amide bonds. The van der Waals surface area contributed by atoms with Crippen molar-refractivity contribution in [3.63, 3.8) is 0 Å². The van der Waals surface area contributed by atoms with E-state index < -0.39 is 5.97 Å². The molecule has 1 N–H and O–H groups in total. The van der Waals surface area contributed by atoms with Gasteiger partial charge in [-0.3, -0.25) is 9.48 Å². The molecule has 2 aromatic heterocycles. The summed E-state index contributed by atoms with van der Waals surface area (Å²) in [5.74, 6) is -0.136. The fourth-order valence-electron chi connectivity index (χ4n) is 2.77. The van der Waals surface area contributed by atoms with Gasteiger partial charge in [-0.1, -0.05) is 0 Å². The fourth-order valence-corrected chi connectivity index (χ4v) is 2.77. The van der Waals surface area contributed by atoms with Crippen LogP contribution < -0.4 is 10.2 Å². The summed E-state index contributed by atoms with van der Waals surface area (Å²) in [6.45, 7) is 4.03. The summed E-state index contributed by atoms with van der Waals surface area (Å²) in [7, 11) is 1.31. The zero-order chi connectivity index (χ0) is 19.2. The van der Waals surface area contributed by atoms with Crippen LogP contribution in [-0.4, -0.2) is 71.1 Å². The van der Waals surface area contributed by atoms with Crippen molar-refractivity contribution in [1.29, 1.82) is 0 Å². The Morgan fingerprint density at radius 1 is 1.37 bits per heavy atom. The van der Waals surface area contributed by atoms with E-state index in [1.165, 1.54) is 19.5 Å². The molecule has 1 fully saturated rings. The van der Waals surface area contributed by atoms with Gasteiger partial charge in [-0.05, 0) is 13.0 Å². The Balaban J connectivity index is 1.60. The van der Waals surface area contributed by atoms with Gasteiger partial charge in [-0.25, -0.2) is 14.8 Å². The van der Waals surface area contributed by atoms with E-state index in [1.807, 2.05) is 17.9 Å². The van der Waals surface area contributed by atoms with Crippen molar-refractivity contribution in [3.8, 4) is 0 Å². The van der Waals surface area contributed by atoms with Crippen molar-refractivity contribution in [2.45, 2.75) is 19.5 Å². The van der Waals surface area contributed by atoms with Gasteiger partial charge in [-0.2, -0.15) is 5.10 Å². The lowest BCUT2D eigenvalue weighted by atomic mass is 10.2. The minimum absolute atomic E-state index is 0.106. The highest BCUT2D eigenvalue weighted by Gasteiger charge is 2.26. The molecule has 3 rings (SSSR count). The average molecular weight is 374 g/mol. The highest BCUT2D eigenvalue weighted by atomic mass is 16.5. The number of ether oxygens (including phenoxy) is 2. The molecule has 1 aliphatic heterocycles. The third-order valence-corrected chi connectivity index (χ3v) is 4.30. The van der Waals surface area contributed by atoms with Gasteiger partial charge in [0.05, 0.1) is 31.9 Å². The van der Waals surface area contributed by atoms with Gasteiger partial charge >= 0.3 is 5.97 Å². The SMILES string of the molecule is COC(=O)c1cnc(N2CCOCC2CNC(=O)Cn2nccc2C)nc1. The number of amides is 1. The number of anilines is 1. The number of morpholine rings is 1. The maximum atomic E-state index is 12.2. The topological polar surface area (TPSA) is 111 Å². The lowest BCUT2D eigenvalue weighted by Crippen LogP contribution is -2.52. The molecule has 0 aromatic carbocycles. The van der Waals surface area contributed by atoms with Crippen LogP contribution in [0.2, 0.25) is 0 Å². The van der Waals surface area contributed by atoms with Crippen molar-refractivity contribution < 1.29 is 19.1 Å². The quantitative estimate of drug-likeness (QED) is 0.692. The molecule has 0 radical (unpaired) electrons. The standard InChI is InChI=1S/C17H22N6O4/c1-12-3-4-21-23(12)10-15(24)18-9-14-11-27-6-5-22(14)17-19-7-13(8-20-17)16(25)26-2/h3-4,7-8,14H,5-6,9-11H2,1-2H3,(H,18,24). The second kappa shape index (κ2) is 8.58. The van der Waals surface area contributed by atoms with Gasteiger partial charge < -0.3 is 19.7 Å². The second-order valence-corrected chi connectivity index (χ2v) is 6.12. The van der Waals surface area contributed by atoms with Gasteiger partial charge in [-0.15, -0.1) is 0 Å². The van der Waals surface area contributed by atoms with Crippen molar-refractivity contribution in [1.82, 2.24) is 25.1 Å². The number of hydrogen-bond acceptors (Lipinski definition) is 8. The Morgan fingerprint density at radius 3 is 2.81 bits per heavy atom. The molecule has 2 aromatic rings. The van der Waals surface area contributed by atoms with Crippen LogP contribution in [0, 0.1) is 6.92 Å². The Kier molecular flexibility index (Phi) is 5.97. The lowest BCUT2D eigenvalue weighted by molar-refractivity contribution is -0.122. The Morgan fingerprint density at radius 2 is 2.15 bits per heavy atom. The molecule has 0 bridgehead atoms. The molecule has 3 heterocycles. The number of carbonyl (C=O) groups excluding carboxylic acids is 2. The van der Waals surface area contributed by atoms with Gasteiger partial charge in [0.1, 0.15) is 6.54 Å². The summed E-state index contributed by atoms with van der Waals surface area (Å²) in [6.07, 6.45) is 4.52. The number of nitrogens with one attached hydrogen (secondary N) is 1. The maximum Gasteiger partial charge on any atom is 0.341 e. The summed E-state index contributed by atoms with van der Waals surface area (Å²) in [6, 6.07) is 1.74. The lowest BCUT2D eigenvalue weighted by Gasteiger charge is -2.35. The number of rotatable bonds is 6. The summed E-state index contributed by atoms with van der Waals surface area (Å²) < 4.78 is 11.8. The minimum atomic E-state index is -0.485. The zero-order valence-corrected chi connectivity index (χ0v) is 15.3. The maximum absolute atomic E-state index is 12.2. The molecule has 0 spiro atoms. The highest BCUT2D eigenvalue weighted by Crippen LogP contribution is 2.15. The van der Waals surface area contributed by atoms with E-state index in [1.54, 1.807) is 10.9 Å². The summed E-state index contributed by atoms with van der Waals surface area (Å²) in [4.78, 5) is 34.2. The van der Waals surface area contributed by atoms with Crippen molar-refractivity contribution in [2.75, 3.05) is 38.3 Å². The van der Waals surface area contributed by atoms with Gasteiger partial charge in [0.25, 0.3) is 0 Å². The molecular formula is C17H22N6O4. The summed E-state index contributed by atoms with van der Waals surface area (Å²) in [5, 5.41) is 7.01. The van der Waals surface area contributed by atoms with Gasteiger partial charge in [0, 0.05) is 37.4 Å². The fraction of sp³-hybridized carbons (Fsp3) is 0.471. The van der Waals surface area contributed by atoms with Crippen LogP contribution in [0.3, 0.4) is 0 Å². The summed E-state index contributed by atoms with van der Waals surface area (Å²) >= 11 is 0. The van der Waals surface area contributed by atoms with E-state index in [4.69, 9.17) is 4.74 Å². The van der Waals surface area contributed by atoms with Crippen molar-refractivity contribution >= 4 is 17.8 Å². The van der Waals surface area contributed by atoms with Crippen LogP contribution in [-0.2, 0) is 20.8 Å². The van der Waals surface area contributed by atoms with Crippen molar-refractivity contribution in [2.24, 2.45) is 0 Å².